The van der Waals surface area contributed by atoms with Crippen LogP contribution in [0.3, 0.4) is 0 Å². The summed E-state index contributed by atoms with van der Waals surface area (Å²) in [6.45, 7) is 4.94. The molecule has 1 unspecified atom stereocenters. The Morgan fingerprint density at radius 3 is 2.70 bits per heavy atom. The van der Waals surface area contributed by atoms with Crippen molar-refractivity contribution in [1.29, 1.82) is 0 Å². The van der Waals surface area contributed by atoms with Crippen LogP contribution in [0.5, 0.6) is 0 Å². The molecule has 128 valence electrons. The van der Waals surface area contributed by atoms with Gasteiger partial charge in [0.15, 0.2) is 0 Å². The summed E-state index contributed by atoms with van der Waals surface area (Å²) in [6, 6.07) is 5.98. The number of benzene rings is 1. The van der Waals surface area contributed by atoms with Crippen molar-refractivity contribution in [3.63, 3.8) is 0 Å². The number of hydrogen-bond donors (Lipinski definition) is 2. The molecule has 1 atom stereocenters. The highest BCUT2D eigenvalue weighted by molar-refractivity contribution is 6.30. The largest absolute Gasteiger partial charge is 0.387 e. The summed E-state index contributed by atoms with van der Waals surface area (Å²) in [7, 11) is 1.80. The van der Waals surface area contributed by atoms with Gasteiger partial charge in [-0.15, -0.1) is 12.4 Å². The van der Waals surface area contributed by atoms with Crippen molar-refractivity contribution in [3.8, 4) is 0 Å². The average molecular weight is 362 g/mol. The van der Waals surface area contributed by atoms with Gasteiger partial charge in [-0.25, -0.2) is 4.39 Å². The first-order valence-corrected chi connectivity index (χ1v) is 7.63. The van der Waals surface area contributed by atoms with Crippen LogP contribution in [0, 0.1) is 5.82 Å². The summed E-state index contributed by atoms with van der Waals surface area (Å²) in [4.78, 5) is 0. The standard InChI is InChI=1S/C16H21ClFN3O.ClH/c1-10(2)15-13(16(17)21(3)20-15)8-19-9-14(22)11-5-4-6-12(18)7-11;/h4-7,10,14,19,22H,8-9H2,1-3H3;1H. The third kappa shape index (κ3) is 4.91. The number of nitrogens with one attached hydrogen (secondary N) is 1. The predicted molar refractivity (Wildman–Crippen MR) is 92.6 cm³/mol. The monoisotopic (exact) mass is 361 g/mol. The number of aromatic nitrogens is 2. The van der Waals surface area contributed by atoms with E-state index in [0.717, 1.165) is 11.3 Å². The van der Waals surface area contributed by atoms with Crippen molar-refractivity contribution in [2.45, 2.75) is 32.4 Å². The van der Waals surface area contributed by atoms with Crippen molar-refractivity contribution in [3.05, 3.63) is 52.1 Å². The second kappa shape index (κ2) is 8.64. The molecule has 0 radical (unpaired) electrons. The first kappa shape index (κ1) is 19.9. The maximum Gasteiger partial charge on any atom is 0.131 e. The Kier molecular flexibility index (Phi) is 7.48. The van der Waals surface area contributed by atoms with Crippen molar-refractivity contribution in [2.75, 3.05) is 6.54 Å². The fourth-order valence-electron chi connectivity index (χ4n) is 2.36. The number of rotatable bonds is 6. The lowest BCUT2D eigenvalue weighted by Gasteiger charge is -2.13. The van der Waals surface area contributed by atoms with Crippen LogP contribution >= 0.6 is 24.0 Å². The lowest BCUT2D eigenvalue weighted by Crippen LogP contribution is -2.21. The molecule has 23 heavy (non-hydrogen) atoms. The van der Waals surface area contributed by atoms with Gasteiger partial charge in [0.05, 0.1) is 11.8 Å². The number of aryl methyl sites for hydroxylation is 1. The Morgan fingerprint density at radius 2 is 2.09 bits per heavy atom. The highest BCUT2D eigenvalue weighted by atomic mass is 35.5. The summed E-state index contributed by atoms with van der Waals surface area (Å²) < 4.78 is 14.8. The van der Waals surface area contributed by atoms with Crippen molar-refractivity contribution in [2.24, 2.45) is 7.05 Å². The first-order valence-electron chi connectivity index (χ1n) is 7.25. The zero-order chi connectivity index (χ0) is 16.3. The molecule has 2 N–H and O–H groups in total. The number of aliphatic hydroxyl groups is 1. The van der Waals surface area contributed by atoms with Gasteiger partial charge in [-0.1, -0.05) is 37.6 Å². The molecule has 0 saturated carbocycles. The molecule has 0 fully saturated rings. The maximum atomic E-state index is 13.2. The SMILES string of the molecule is CC(C)c1nn(C)c(Cl)c1CNCC(O)c1cccc(F)c1.Cl. The topological polar surface area (TPSA) is 50.1 Å². The smallest absolute Gasteiger partial charge is 0.131 e. The Morgan fingerprint density at radius 1 is 1.39 bits per heavy atom. The molecular formula is C16H22Cl2FN3O. The van der Waals surface area contributed by atoms with E-state index in [9.17, 15) is 9.50 Å². The minimum Gasteiger partial charge on any atom is -0.387 e. The van der Waals surface area contributed by atoms with E-state index in [1.165, 1.54) is 12.1 Å². The summed E-state index contributed by atoms with van der Waals surface area (Å²) in [5, 5.41) is 18.3. The summed E-state index contributed by atoms with van der Waals surface area (Å²) in [6.07, 6.45) is -0.770. The molecule has 0 aliphatic carbocycles. The minimum atomic E-state index is -0.770. The Balaban J connectivity index is 0.00000264. The van der Waals surface area contributed by atoms with Crippen LogP contribution in [-0.2, 0) is 13.6 Å². The van der Waals surface area contributed by atoms with E-state index in [0.29, 0.717) is 23.8 Å². The summed E-state index contributed by atoms with van der Waals surface area (Å²) in [5.74, 6) is -0.0856. The summed E-state index contributed by atoms with van der Waals surface area (Å²) >= 11 is 6.26. The van der Waals surface area contributed by atoms with Gasteiger partial charge in [0.2, 0.25) is 0 Å². The third-order valence-electron chi connectivity index (χ3n) is 3.52. The minimum absolute atomic E-state index is 0. The van der Waals surface area contributed by atoms with Crippen LogP contribution in [0.2, 0.25) is 5.15 Å². The van der Waals surface area contributed by atoms with Crippen LogP contribution in [0.1, 0.15) is 42.7 Å². The normalized spacial score (nSPS) is 12.3. The van der Waals surface area contributed by atoms with E-state index >= 15 is 0 Å². The molecule has 4 nitrogen and oxygen atoms in total. The first-order chi connectivity index (χ1) is 10.4. The van der Waals surface area contributed by atoms with Gasteiger partial charge in [0.1, 0.15) is 11.0 Å². The maximum absolute atomic E-state index is 13.2. The van der Waals surface area contributed by atoms with Crippen LogP contribution in [0.15, 0.2) is 24.3 Å². The lowest BCUT2D eigenvalue weighted by atomic mass is 10.1. The Labute approximate surface area is 147 Å². The highest BCUT2D eigenvalue weighted by Crippen LogP contribution is 2.25. The van der Waals surface area contributed by atoms with Gasteiger partial charge in [0, 0.05) is 25.7 Å². The third-order valence-corrected chi connectivity index (χ3v) is 3.99. The lowest BCUT2D eigenvalue weighted by molar-refractivity contribution is 0.174. The second-order valence-corrected chi connectivity index (χ2v) is 5.99. The molecule has 0 bridgehead atoms. The zero-order valence-corrected chi connectivity index (χ0v) is 15.0. The molecule has 0 aliphatic heterocycles. The molecule has 0 aliphatic rings. The van der Waals surface area contributed by atoms with Crippen LogP contribution in [0.25, 0.3) is 0 Å². The van der Waals surface area contributed by atoms with Gasteiger partial charge in [-0.3, -0.25) is 4.68 Å². The van der Waals surface area contributed by atoms with E-state index in [1.807, 2.05) is 0 Å². The fraction of sp³-hybridized carbons (Fsp3) is 0.438. The number of nitrogens with zero attached hydrogens (tertiary/aromatic N) is 2. The Bertz CT molecular complexity index is 646. The van der Waals surface area contributed by atoms with Crippen molar-refractivity contribution >= 4 is 24.0 Å². The Hall–Kier alpha value is -1.14. The molecule has 0 saturated heterocycles. The van der Waals surface area contributed by atoms with Crippen molar-refractivity contribution < 1.29 is 9.50 Å². The number of hydrogen-bond acceptors (Lipinski definition) is 3. The molecule has 0 spiro atoms. The van der Waals surface area contributed by atoms with Gasteiger partial charge in [-0.2, -0.15) is 5.10 Å². The fourth-order valence-corrected chi connectivity index (χ4v) is 2.56. The number of halogens is 3. The van der Waals surface area contributed by atoms with E-state index < -0.39 is 6.10 Å². The molecule has 1 aromatic heterocycles. The highest BCUT2D eigenvalue weighted by Gasteiger charge is 2.17. The molecule has 1 aromatic carbocycles. The van der Waals surface area contributed by atoms with E-state index in [4.69, 9.17) is 11.6 Å². The average Bonchev–Trinajstić information content (AvgIpc) is 2.75. The molecule has 0 amide bonds. The molecule has 7 heteroatoms. The van der Waals surface area contributed by atoms with Gasteiger partial charge >= 0.3 is 0 Å². The molecule has 2 aromatic rings. The number of aliphatic hydroxyl groups excluding tert-OH is 1. The predicted octanol–water partition coefficient (Wildman–Crippen LogP) is 3.58. The van der Waals surface area contributed by atoms with E-state index in [-0.39, 0.29) is 24.1 Å². The van der Waals surface area contributed by atoms with E-state index in [1.54, 1.807) is 23.9 Å². The molecule has 2 rings (SSSR count). The van der Waals surface area contributed by atoms with Crippen molar-refractivity contribution in [1.82, 2.24) is 15.1 Å². The summed E-state index contributed by atoms with van der Waals surface area (Å²) in [5.41, 5.74) is 2.43. The zero-order valence-electron chi connectivity index (χ0n) is 13.4. The quantitative estimate of drug-likeness (QED) is 0.826. The van der Waals surface area contributed by atoms with Crippen LogP contribution < -0.4 is 5.32 Å². The van der Waals surface area contributed by atoms with Crippen LogP contribution in [0.4, 0.5) is 4.39 Å². The molecule has 1 heterocycles. The van der Waals surface area contributed by atoms with E-state index in [2.05, 4.69) is 24.3 Å². The van der Waals surface area contributed by atoms with Gasteiger partial charge in [0.25, 0.3) is 0 Å². The van der Waals surface area contributed by atoms with Gasteiger partial charge < -0.3 is 10.4 Å². The molecular weight excluding hydrogens is 340 g/mol. The van der Waals surface area contributed by atoms with Gasteiger partial charge in [-0.05, 0) is 23.6 Å². The second-order valence-electron chi connectivity index (χ2n) is 5.63. The van der Waals surface area contributed by atoms with Crippen LogP contribution in [-0.4, -0.2) is 21.4 Å².